The van der Waals surface area contributed by atoms with Gasteiger partial charge in [0.25, 0.3) is 0 Å². The van der Waals surface area contributed by atoms with Gasteiger partial charge in [0.05, 0.1) is 7.11 Å². The molecule has 0 spiro atoms. The van der Waals surface area contributed by atoms with Crippen molar-refractivity contribution in [2.45, 2.75) is 44.2 Å². The number of benzene rings is 1. The van der Waals surface area contributed by atoms with Crippen molar-refractivity contribution >= 4 is 0 Å². The molecule has 0 radical (unpaired) electrons. The van der Waals surface area contributed by atoms with Crippen LogP contribution in [0.1, 0.15) is 32.1 Å². The number of hydrogen-bond acceptors (Lipinski definition) is 4. The Morgan fingerprint density at radius 3 is 2.60 bits per heavy atom. The monoisotopic (exact) mass is 279 g/mol. The number of aliphatic hydroxyl groups is 1. The summed E-state index contributed by atoms with van der Waals surface area (Å²) in [5, 5.41) is 13.4. The number of para-hydroxylation sites is 2. The lowest BCUT2D eigenvalue weighted by atomic mass is 9.95. The highest BCUT2D eigenvalue weighted by Crippen LogP contribution is 2.25. The van der Waals surface area contributed by atoms with Crippen LogP contribution < -0.4 is 14.8 Å². The number of ether oxygens (including phenoxy) is 2. The predicted molar refractivity (Wildman–Crippen MR) is 79.4 cm³/mol. The van der Waals surface area contributed by atoms with Gasteiger partial charge in [-0.3, -0.25) is 0 Å². The van der Waals surface area contributed by atoms with Crippen molar-refractivity contribution in [2.75, 3.05) is 20.3 Å². The van der Waals surface area contributed by atoms with E-state index in [1.807, 2.05) is 24.3 Å². The minimum Gasteiger partial charge on any atom is -0.493 e. The van der Waals surface area contributed by atoms with Crippen LogP contribution in [-0.2, 0) is 0 Å². The zero-order valence-corrected chi connectivity index (χ0v) is 12.2. The maximum absolute atomic E-state index is 9.98. The Bertz CT molecular complexity index is 391. The molecule has 0 amide bonds. The molecule has 1 fully saturated rings. The van der Waals surface area contributed by atoms with Gasteiger partial charge < -0.3 is 19.9 Å². The summed E-state index contributed by atoms with van der Waals surface area (Å²) < 4.78 is 10.8. The first-order valence-corrected chi connectivity index (χ1v) is 7.47. The van der Waals surface area contributed by atoms with E-state index < -0.39 is 6.10 Å². The van der Waals surface area contributed by atoms with Gasteiger partial charge in [0.2, 0.25) is 0 Å². The van der Waals surface area contributed by atoms with Crippen LogP contribution in [0.2, 0.25) is 0 Å². The van der Waals surface area contributed by atoms with Gasteiger partial charge in [-0.25, -0.2) is 0 Å². The molecule has 0 aliphatic heterocycles. The Morgan fingerprint density at radius 1 is 1.20 bits per heavy atom. The molecule has 0 bridgehead atoms. The Balaban J connectivity index is 1.70. The third kappa shape index (κ3) is 4.69. The van der Waals surface area contributed by atoms with Gasteiger partial charge in [-0.1, -0.05) is 31.4 Å². The normalized spacial score (nSPS) is 17.7. The highest BCUT2D eigenvalue weighted by Gasteiger charge is 2.15. The fraction of sp³-hybridized carbons (Fsp3) is 0.625. The molecule has 20 heavy (non-hydrogen) atoms. The first-order chi connectivity index (χ1) is 9.79. The predicted octanol–water partition coefficient (Wildman–Crippen LogP) is 2.36. The second-order valence-electron chi connectivity index (χ2n) is 5.36. The Hall–Kier alpha value is -1.26. The molecular weight excluding hydrogens is 254 g/mol. The fourth-order valence-electron chi connectivity index (χ4n) is 2.59. The van der Waals surface area contributed by atoms with Crippen molar-refractivity contribution in [1.29, 1.82) is 0 Å². The summed E-state index contributed by atoms with van der Waals surface area (Å²) in [5.74, 6) is 1.37. The summed E-state index contributed by atoms with van der Waals surface area (Å²) in [5.41, 5.74) is 0. The molecule has 112 valence electrons. The maximum Gasteiger partial charge on any atom is 0.161 e. The third-order valence-corrected chi connectivity index (χ3v) is 3.75. The van der Waals surface area contributed by atoms with Gasteiger partial charge in [-0.05, 0) is 25.0 Å². The lowest BCUT2D eigenvalue weighted by Crippen LogP contribution is -2.38. The molecule has 1 aliphatic carbocycles. The Morgan fingerprint density at radius 2 is 1.90 bits per heavy atom. The first kappa shape index (κ1) is 15.1. The molecule has 2 rings (SSSR count). The van der Waals surface area contributed by atoms with E-state index in [1.165, 1.54) is 32.1 Å². The molecule has 1 aromatic carbocycles. The standard InChI is InChI=1S/C16H25NO3/c1-19-15-9-5-6-10-16(15)20-12-14(18)11-17-13-7-3-2-4-8-13/h5-6,9-10,13-14,17-18H,2-4,7-8,11-12H2,1H3/t14-/m0/s1. The van der Waals surface area contributed by atoms with Gasteiger partial charge in [-0.15, -0.1) is 0 Å². The van der Waals surface area contributed by atoms with E-state index in [0.29, 0.717) is 24.1 Å². The molecule has 1 aliphatic rings. The lowest BCUT2D eigenvalue weighted by molar-refractivity contribution is 0.100. The molecule has 1 saturated carbocycles. The van der Waals surface area contributed by atoms with E-state index >= 15 is 0 Å². The van der Waals surface area contributed by atoms with Crippen LogP contribution in [0.5, 0.6) is 11.5 Å². The summed E-state index contributed by atoms with van der Waals surface area (Å²) in [6.07, 6.45) is 5.89. The van der Waals surface area contributed by atoms with Gasteiger partial charge in [-0.2, -0.15) is 0 Å². The number of rotatable bonds is 7. The Labute approximate surface area is 121 Å². The molecule has 4 heteroatoms. The van der Waals surface area contributed by atoms with Crippen LogP contribution in [-0.4, -0.2) is 37.5 Å². The number of hydrogen-bond donors (Lipinski definition) is 2. The lowest BCUT2D eigenvalue weighted by Gasteiger charge is -2.24. The molecule has 2 N–H and O–H groups in total. The third-order valence-electron chi connectivity index (χ3n) is 3.75. The number of aliphatic hydroxyl groups excluding tert-OH is 1. The summed E-state index contributed by atoms with van der Waals surface area (Å²) in [6, 6.07) is 8.05. The van der Waals surface area contributed by atoms with E-state index in [-0.39, 0.29) is 6.61 Å². The quantitative estimate of drug-likeness (QED) is 0.804. The van der Waals surface area contributed by atoms with Crippen molar-refractivity contribution in [2.24, 2.45) is 0 Å². The van der Waals surface area contributed by atoms with Gasteiger partial charge >= 0.3 is 0 Å². The number of methoxy groups -OCH3 is 1. The summed E-state index contributed by atoms with van der Waals surface area (Å²) >= 11 is 0. The van der Waals surface area contributed by atoms with Crippen molar-refractivity contribution in [3.05, 3.63) is 24.3 Å². The SMILES string of the molecule is COc1ccccc1OC[C@@H](O)CNC1CCCCC1. The molecule has 0 heterocycles. The van der Waals surface area contributed by atoms with Crippen LogP contribution in [0.4, 0.5) is 0 Å². The molecule has 1 atom stereocenters. The molecule has 0 saturated heterocycles. The van der Waals surface area contributed by atoms with Crippen LogP contribution in [0, 0.1) is 0 Å². The zero-order valence-electron chi connectivity index (χ0n) is 12.2. The van der Waals surface area contributed by atoms with E-state index in [9.17, 15) is 5.11 Å². The maximum atomic E-state index is 9.98. The highest BCUT2D eigenvalue weighted by atomic mass is 16.5. The number of nitrogens with one attached hydrogen (secondary N) is 1. The molecule has 4 nitrogen and oxygen atoms in total. The second kappa shape index (κ2) is 8.12. The van der Waals surface area contributed by atoms with E-state index in [4.69, 9.17) is 9.47 Å². The fourth-order valence-corrected chi connectivity index (χ4v) is 2.59. The average molecular weight is 279 g/mol. The second-order valence-corrected chi connectivity index (χ2v) is 5.36. The average Bonchev–Trinajstić information content (AvgIpc) is 2.52. The van der Waals surface area contributed by atoms with Crippen LogP contribution >= 0.6 is 0 Å². The van der Waals surface area contributed by atoms with E-state index in [0.717, 1.165) is 0 Å². The highest BCUT2D eigenvalue weighted by molar-refractivity contribution is 5.39. The van der Waals surface area contributed by atoms with Gasteiger partial charge in [0, 0.05) is 12.6 Å². The minimum absolute atomic E-state index is 0.278. The van der Waals surface area contributed by atoms with Gasteiger partial charge in [0.15, 0.2) is 11.5 Å². The molecule has 0 aromatic heterocycles. The van der Waals surface area contributed by atoms with E-state index in [2.05, 4.69) is 5.32 Å². The van der Waals surface area contributed by atoms with Crippen LogP contribution in [0.3, 0.4) is 0 Å². The van der Waals surface area contributed by atoms with Crippen LogP contribution in [0.25, 0.3) is 0 Å². The van der Waals surface area contributed by atoms with Crippen molar-refractivity contribution in [3.63, 3.8) is 0 Å². The summed E-state index contributed by atoms with van der Waals surface area (Å²) in [4.78, 5) is 0. The molecule has 0 unspecified atom stereocenters. The minimum atomic E-state index is -0.498. The van der Waals surface area contributed by atoms with Crippen LogP contribution in [0.15, 0.2) is 24.3 Å². The first-order valence-electron chi connectivity index (χ1n) is 7.47. The van der Waals surface area contributed by atoms with Crippen molar-refractivity contribution < 1.29 is 14.6 Å². The van der Waals surface area contributed by atoms with Crippen molar-refractivity contribution in [3.8, 4) is 11.5 Å². The van der Waals surface area contributed by atoms with E-state index in [1.54, 1.807) is 7.11 Å². The summed E-state index contributed by atoms with van der Waals surface area (Å²) in [7, 11) is 1.61. The van der Waals surface area contributed by atoms with Gasteiger partial charge in [0.1, 0.15) is 12.7 Å². The smallest absolute Gasteiger partial charge is 0.161 e. The zero-order chi connectivity index (χ0) is 14.2. The Kier molecular flexibility index (Phi) is 6.15. The van der Waals surface area contributed by atoms with Crippen molar-refractivity contribution in [1.82, 2.24) is 5.32 Å². The largest absolute Gasteiger partial charge is 0.493 e. The topological polar surface area (TPSA) is 50.7 Å². The molecule has 1 aromatic rings. The molecular formula is C16H25NO3. The summed E-state index contributed by atoms with van der Waals surface area (Å²) in [6.45, 7) is 0.861.